The molecule has 0 fully saturated rings. The predicted molar refractivity (Wildman–Crippen MR) is 115 cm³/mol. The lowest BCUT2D eigenvalue weighted by atomic mass is 10.0. The van der Waals surface area contributed by atoms with Crippen LogP contribution < -0.4 is 11.3 Å². The van der Waals surface area contributed by atoms with Gasteiger partial charge in [-0.15, -0.1) is 0 Å². The van der Waals surface area contributed by atoms with Crippen LogP contribution in [0.5, 0.6) is 5.75 Å². The summed E-state index contributed by atoms with van der Waals surface area (Å²) >= 11 is 0. The molecule has 2 aromatic carbocycles. The molecule has 0 aliphatic carbocycles. The van der Waals surface area contributed by atoms with Crippen LogP contribution in [0.25, 0.3) is 22.6 Å². The van der Waals surface area contributed by atoms with Crippen LogP contribution in [-0.2, 0) is 6.54 Å². The summed E-state index contributed by atoms with van der Waals surface area (Å²) in [4.78, 5) is 20.7. The van der Waals surface area contributed by atoms with Gasteiger partial charge < -0.3 is 10.8 Å². The van der Waals surface area contributed by atoms with E-state index in [9.17, 15) is 9.90 Å². The van der Waals surface area contributed by atoms with E-state index >= 15 is 0 Å². The Balaban J connectivity index is 1.65. The van der Waals surface area contributed by atoms with Gasteiger partial charge in [0.15, 0.2) is 11.6 Å². The Labute approximate surface area is 173 Å². The molecule has 4 aromatic rings. The van der Waals surface area contributed by atoms with Crippen LogP contribution >= 0.6 is 0 Å². The molecule has 1 unspecified atom stereocenters. The number of nitrogens with zero attached hydrogens (tertiary/aromatic N) is 4. The smallest absolute Gasteiger partial charge is 0.267 e. The van der Waals surface area contributed by atoms with Gasteiger partial charge in [-0.25, -0.2) is 14.6 Å². The Hall–Kier alpha value is -3.84. The molecule has 0 saturated heterocycles. The Bertz CT molecular complexity index is 1230. The Morgan fingerprint density at radius 3 is 2.50 bits per heavy atom. The van der Waals surface area contributed by atoms with Crippen molar-refractivity contribution in [3.63, 3.8) is 0 Å². The average Bonchev–Trinajstić information content (AvgIpc) is 2.76. The molecule has 0 aliphatic rings. The third kappa shape index (κ3) is 4.26. The zero-order valence-electron chi connectivity index (χ0n) is 16.4. The predicted octanol–water partition coefficient (Wildman–Crippen LogP) is 3.14. The normalized spacial score (nSPS) is 11.9. The average molecular weight is 399 g/mol. The third-order valence-corrected chi connectivity index (χ3v) is 4.73. The van der Waals surface area contributed by atoms with E-state index in [0.29, 0.717) is 18.1 Å². The quantitative estimate of drug-likeness (QED) is 0.534. The molecule has 3 N–H and O–H groups in total. The lowest BCUT2D eigenvalue weighted by molar-refractivity contribution is 0.470. The molecule has 0 radical (unpaired) electrons. The van der Waals surface area contributed by atoms with E-state index in [1.807, 2.05) is 55.5 Å². The maximum Gasteiger partial charge on any atom is 0.267 e. The fraction of sp³-hybridized carbons (Fsp3) is 0.130. The molecule has 0 bridgehead atoms. The van der Waals surface area contributed by atoms with Gasteiger partial charge in [0.05, 0.1) is 24.6 Å². The van der Waals surface area contributed by atoms with E-state index in [4.69, 9.17) is 5.73 Å². The van der Waals surface area contributed by atoms with E-state index < -0.39 is 0 Å². The summed E-state index contributed by atoms with van der Waals surface area (Å²) in [5, 5.41) is 13.9. The number of aromatic hydroxyl groups is 1. The fourth-order valence-corrected chi connectivity index (χ4v) is 3.15. The van der Waals surface area contributed by atoms with Crippen molar-refractivity contribution in [1.82, 2.24) is 19.7 Å². The minimum absolute atomic E-state index is 0.00979. The Morgan fingerprint density at radius 2 is 1.73 bits per heavy atom. The molecular formula is C23H21N5O2. The molecule has 7 heteroatoms. The summed E-state index contributed by atoms with van der Waals surface area (Å²) in [5.41, 5.74) is 10.1. The highest BCUT2D eigenvalue weighted by Gasteiger charge is 2.08. The second-order valence-electron chi connectivity index (χ2n) is 7.09. The monoisotopic (exact) mass is 399 g/mol. The topological polar surface area (TPSA) is 107 Å². The molecule has 30 heavy (non-hydrogen) atoms. The SMILES string of the molecule is CC(N)c1cccc(-c2ccc(=O)n(Cc3cccc(-c4ncc(O)cn4)c3)n2)c1. The van der Waals surface area contributed by atoms with Crippen molar-refractivity contribution >= 4 is 0 Å². The summed E-state index contributed by atoms with van der Waals surface area (Å²) in [6.07, 6.45) is 2.70. The number of nitrogens with two attached hydrogens (primary N) is 1. The maximum atomic E-state index is 12.4. The first-order chi connectivity index (χ1) is 14.5. The van der Waals surface area contributed by atoms with Gasteiger partial charge in [0.1, 0.15) is 0 Å². The van der Waals surface area contributed by atoms with E-state index in [1.54, 1.807) is 6.07 Å². The molecule has 7 nitrogen and oxygen atoms in total. The van der Waals surface area contributed by atoms with Crippen molar-refractivity contribution < 1.29 is 5.11 Å². The van der Waals surface area contributed by atoms with Gasteiger partial charge in [0, 0.05) is 23.2 Å². The van der Waals surface area contributed by atoms with Gasteiger partial charge in [0.2, 0.25) is 0 Å². The van der Waals surface area contributed by atoms with Crippen LogP contribution in [0.4, 0.5) is 0 Å². The van der Waals surface area contributed by atoms with Gasteiger partial charge >= 0.3 is 0 Å². The second kappa shape index (κ2) is 8.26. The maximum absolute atomic E-state index is 12.4. The van der Waals surface area contributed by atoms with Crippen molar-refractivity contribution in [3.05, 3.63) is 94.5 Å². The number of benzene rings is 2. The second-order valence-corrected chi connectivity index (χ2v) is 7.09. The zero-order chi connectivity index (χ0) is 21.1. The molecule has 0 aliphatic heterocycles. The summed E-state index contributed by atoms with van der Waals surface area (Å²) < 4.78 is 1.44. The van der Waals surface area contributed by atoms with E-state index in [1.165, 1.54) is 23.1 Å². The van der Waals surface area contributed by atoms with Gasteiger partial charge in [-0.05, 0) is 36.2 Å². The summed E-state index contributed by atoms with van der Waals surface area (Å²) in [5.74, 6) is 0.506. The highest BCUT2D eigenvalue weighted by Crippen LogP contribution is 2.21. The van der Waals surface area contributed by atoms with Gasteiger partial charge in [-0.3, -0.25) is 4.79 Å². The summed E-state index contributed by atoms with van der Waals surface area (Å²) in [6, 6.07) is 18.6. The van der Waals surface area contributed by atoms with Crippen LogP contribution in [-0.4, -0.2) is 24.9 Å². The standard InChI is InChI=1S/C23H21N5O2/c1-15(24)17-5-3-6-18(11-17)21-8-9-22(30)28(27-21)14-16-4-2-7-19(10-16)23-25-12-20(29)13-26-23/h2-13,15,29H,14,24H2,1H3. The van der Waals surface area contributed by atoms with E-state index in [-0.39, 0.29) is 17.4 Å². The highest BCUT2D eigenvalue weighted by molar-refractivity contribution is 5.59. The van der Waals surface area contributed by atoms with Gasteiger partial charge in [-0.1, -0.05) is 36.4 Å². The molecular weight excluding hydrogens is 378 g/mol. The van der Waals surface area contributed by atoms with Gasteiger partial charge in [-0.2, -0.15) is 5.10 Å². The molecule has 0 saturated carbocycles. The Kier molecular flexibility index (Phi) is 5.36. The molecule has 2 heterocycles. The van der Waals surface area contributed by atoms with Crippen molar-refractivity contribution in [2.75, 3.05) is 0 Å². The molecule has 4 rings (SSSR count). The largest absolute Gasteiger partial charge is 0.505 e. The minimum atomic E-state index is -0.187. The first-order valence-electron chi connectivity index (χ1n) is 9.54. The third-order valence-electron chi connectivity index (χ3n) is 4.73. The first-order valence-corrected chi connectivity index (χ1v) is 9.54. The van der Waals surface area contributed by atoms with Crippen molar-refractivity contribution in [3.8, 4) is 28.4 Å². The minimum Gasteiger partial charge on any atom is -0.505 e. The number of hydrogen-bond acceptors (Lipinski definition) is 6. The molecule has 1 atom stereocenters. The molecule has 0 amide bonds. The van der Waals surface area contributed by atoms with Crippen LogP contribution in [0.3, 0.4) is 0 Å². The first kappa shape index (κ1) is 19.5. The van der Waals surface area contributed by atoms with Crippen LogP contribution in [0.2, 0.25) is 0 Å². The summed E-state index contributed by atoms with van der Waals surface area (Å²) in [6.45, 7) is 2.24. The number of rotatable bonds is 5. The highest BCUT2D eigenvalue weighted by atomic mass is 16.3. The van der Waals surface area contributed by atoms with Crippen molar-refractivity contribution in [1.29, 1.82) is 0 Å². The van der Waals surface area contributed by atoms with Crippen molar-refractivity contribution in [2.45, 2.75) is 19.5 Å². The molecule has 150 valence electrons. The molecule has 0 spiro atoms. The van der Waals surface area contributed by atoms with Crippen LogP contribution in [0.1, 0.15) is 24.1 Å². The number of hydrogen-bond donors (Lipinski definition) is 2. The molecule has 2 aromatic heterocycles. The van der Waals surface area contributed by atoms with Gasteiger partial charge in [0.25, 0.3) is 5.56 Å². The van der Waals surface area contributed by atoms with E-state index in [0.717, 1.165) is 22.3 Å². The van der Waals surface area contributed by atoms with E-state index in [2.05, 4.69) is 15.1 Å². The van der Waals surface area contributed by atoms with Crippen molar-refractivity contribution in [2.24, 2.45) is 5.73 Å². The lowest BCUT2D eigenvalue weighted by Gasteiger charge is -2.10. The lowest BCUT2D eigenvalue weighted by Crippen LogP contribution is -2.22. The number of aromatic nitrogens is 4. The van der Waals surface area contributed by atoms with Crippen LogP contribution in [0, 0.1) is 0 Å². The van der Waals surface area contributed by atoms with Crippen LogP contribution in [0.15, 0.2) is 77.9 Å². The Morgan fingerprint density at radius 1 is 1.00 bits per heavy atom. The zero-order valence-corrected chi connectivity index (χ0v) is 16.4. The summed E-state index contributed by atoms with van der Waals surface area (Å²) in [7, 11) is 0. The fourth-order valence-electron chi connectivity index (χ4n) is 3.15.